The van der Waals surface area contributed by atoms with Crippen molar-refractivity contribution in [1.82, 2.24) is 5.32 Å². The molecule has 0 saturated heterocycles. The zero-order chi connectivity index (χ0) is 15.4. The molecule has 0 aliphatic heterocycles. The molecule has 21 heavy (non-hydrogen) atoms. The summed E-state index contributed by atoms with van der Waals surface area (Å²) in [5.41, 5.74) is 8.28. The first kappa shape index (κ1) is 15.8. The fourth-order valence-corrected chi connectivity index (χ4v) is 2.46. The molecule has 1 atom stereocenters. The topological polar surface area (TPSA) is 47.3 Å². The van der Waals surface area contributed by atoms with Crippen molar-refractivity contribution in [3.8, 4) is 5.75 Å². The number of nitrogens with one attached hydrogen (secondary N) is 1. The van der Waals surface area contributed by atoms with Gasteiger partial charge in [-0.2, -0.15) is 0 Å². The maximum absolute atomic E-state index is 13.2. The molecule has 0 radical (unpaired) electrons. The van der Waals surface area contributed by atoms with Crippen LogP contribution in [0, 0.1) is 5.82 Å². The van der Waals surface area contributed by atoms with Gasteiger partial charge in [0.1, 0.15) is 11.6 Å². The van der Waals surface area contributed by atoms with E-state index >= 15 is 0 Å². The average Bonchev–Trinajstić information content (AvgIpc) is 2.48. The Kier molecular flexibility index (Phi) is 5.20. The van der Waals surface area contributed by atoms with Gasteiger partial charge in [-0.1, -0.05) is 6.07 Å². The summed E-state index contributed by atoms with van der Waals surface area (Å²) in [6.07, 6.45) is 0. The second-order valence-corrected chi connectivity index (χ2v) is 5.69. The van der Waals surface area contributed by atoms with Crippen LogP contribution in [0.4, 0.5) is 10.1 Å². The summed E-state index contributed by atoms with van der Waals surface area (Å²) in [5, 5.41) is 3.34. The Labute approximate surface area is 132 Å². The number of hydrogen-bond donors (Lipinski definition) is 2. The van der Waals surface area contributed by atoms with Gasteiger partial charge < -0.3 is 15.8 Å². The first-order chi connectivity index (χ1) is 10.0. The Morgan fingerprint density at radius 2 is 2.05 bits per heavy atom. The monoisotopic (exact) mass is 352 g/mol. The van der Waals surface area contributed by atoms with Crippen LogP contribution in [-0.4, -0.2) is 7.11 Å². The van der Waals surface area contributed by atoms with E-state index in [9.17, 15) is 4.39 Å². The molecule has 0 fully saturated rings. The Morgan fingerprint density at radius 1 is 1.29 bits per heavy atom. The maximum atomic E-state index is 13.2. The molecule has 1 unspecified atom stereocenters. The lowest BCUT2D eigenvalue weighted by Crippen LogP contribution is -2.19. The molecule has 0 aromatic heterocycles. The highest BCUT2D eigenvalue weighted by atomic mass is 79.9. The van der Waals surface area contributed by atoms with Crippen molar-refractivity contribution >= 4 is 21.6 Å². The minimum absolute atomic E-state index is 0.0923. The molecule has 3 nitrogen and oxygen atoms in total. The molecule has 5 heteroatoms. The Bertz CT molecular complexity index is 634. The summed E-state index contributed by atoms with van der Waals surface area (Å²) in [6.45, 7) is 2.54. The predicted octanol–water partition coefficient (Wildman–Crippen LogP) is 4.03. The minimum atomic E-state index is -0.279. The first-order valence-corrected chi connectivity index (χ1v) is 7.41. The predicted molar refractivity (Wildman–Crippen MR) is 86.8 cm³/mol. The number of anilines is 1. The van der Waals surface area contributed by atoms with E-state index in [1.807, 2.05) is 25.1 Å². The van der Waals surface area contributed by atoms with Crippen LogP contribution < -0.4 is 15.8 Å². The van der Waals surface area contributed by atoms with E-state index < -0.39 is 0 Å². The molecule has 0 amide bonds. The molecular formula is C16H18BrFN2O. The zero-order valence-corrected chi connectivity index (χ0v) is 13.6. The second-order valence-electron chi connectivity index (χ2n) is 4.84. The van der Waals surface area contributed by atoms with Crippen LogP contribution >= 0.6 is 15.9 Å². The zero-order valence-electron chi connectivity index (χ0n) is 12.0. The first-order valence-electron chi connectivity index (χ1n) is 6.62. The van der Waals surface area contributed by atoms with Crippen LogP contribution in [0.25, 0.3) is 0 Å². The molecular weight excluding hydrogens is 335 g/mol. The van der Waals surface area contributed by atoms with E-state index in [0.29, 0.717) is 12.2 Å². The third-order valence-electron chi connectivity index (χ3n) is 3.38. The lowest BCUT2D eigenvalue weighted by Gasteiger charge is -2.16. The van der Waals surface area contributed by atoms with Gasteiger partial charge in [0.2, 0.25) is 0 Å². The molecule has 0 aliphatic rings. The van der Waals surface area contributed by atoms with Gasteiger partial charge in [0.05, 0.1) is 11.6 Å². The van der Waals surface area contributed by atoms with Crippen molar-refractivity contribution in [2.75, 3.05) is 12.8 Å². The maximum Gasteiger partial charge on any atom is 0.133 e. The molecule has 2 aromatic carbocycles. The summed E-state index contributed by atoms with van der Waals surface area (Å²) < 4.78 is 19.4. The van der Waals surface area contributed by atoms with Crippen molar-refractivity contribution in [2.24, 2.45) is 0 Å². The highest BCUT2D eigenvalue weighted by Crippen LogP contribution is 2.28. The normalized spacial score (nSPS) is 12.2. The van der Waals surface area contributed by atoms with Crippen molar-refractivity contribution in [3.05, 3.63) is 57.8 Å². The number of nitrogen functional groups attached to an aromatic ring is 1. The fourth-order valence-electron chi connectivity index (χ4n) is 2.05. The van der Waals surface area contributed by atoms with Crippen molar-refractivity contribution in [3.63, 3.8) is 0 Å². The standard InChI is InChI=1S/C16H18BrFN2O/c1-10(11-3-5-14(17)16(8-11)21-2)20-9-12-7-13(18)4-6-15(12)19/h3-8,10,20H,9,19H2,1-2H3. The molecule has 0 saturated carbocycles. The van der Waals surface area contributed by atoms with E-state index in [-0.39, 0.29) is 11.9 Å². The quantitative estimate of drug-likeness (QED) is 0.798. The third kappa shape index (κ3) is 3.95. The van der Waals surface area contributed by atoms with Crippen molar-refractivity contribution < 1.29 is 9.13 Å². The molecule has 112 valence electrons. The highest BCUT2D eigenvalue weighted by Gasteiger charge is 2.09. The molecule has 0 spiro atoms. The Morgan fingerprint density at radius 3 is 2.76 bits per heavy atom. The third-order valence-corrected chi connectivity index (χ3v) is 4.03. The number of halogens is 2. The van der Waals surface area contributed by atoms with E-state index in [1.54, 1.807) is 13.2 Å². The largest absolute Gasteiger partial charge is 0.496 e. The summed E-state index contributed by atoms with van der Waals surface area (Å²) in [5.74, 6) is 0.505. The molecule has 0 heterocycles. The van der Waals surface area contributed by atoms with Crippen LogP contribution in [0.2, 0.25) is 0 Å². The highest BCUT2D eigenvalue weighted by molar-refractivity contribution is 9.10. The number of hydrogen-bond acceptors (Lipinski definition) is 3. The molecule has 0 aliphatic carbocycles. The van der Waals surface area contributed by atoms with Gasteiger partial charge in [0, 0.05) is 18.3 Å². The lowest BCUT2D eigenvalue weighted by molar-refractivity contribution is 0.410. The van der Waals surface area contributed by atoms with E-state index in [2.05, 4.69) is 21.2 Å². The van der Waals surface area contributed by atoms with Gasteiger partial charge in [-0.3, -0.25) is 0 Å². The Balaban J connectivity index is 2.08. The molecule has 2 aromatic rings. The fraction of sp³-hybridized carbons (Fsp3) is 0.250. The number of ether oxygens (including phenoxy) is 1. The second kappa shape index (κ2) is 6.91. The average molecular weight is 353 g/mol. The molecule has 0 bridgehead atoms. The number of methoxy groups -OCH3 is 1. The Hall–Kier alpha value is -1.59. The van der Waals surface area contributed by atoms with Crippen LogP contribution in [0.5, 0.6) is 5.75 Å². The number of rotatable bonds is 5. The van der Waals surface area contributed by atoms with E-state index in [1.165, 1.54) is 12.1 Å². The summed E-state index contributed by atoms with van der Waals surface area (Å²) >= 11 is 3.43. The van der Waals surface area contributed by atoms with E-state index in [0.717, 1.165) is 21.3 Å². The van der Waals surface area contributed by atoms with Gasteiger partial charge >= 0.3 is 0 Å². The smallest absolute Gasteiger partial charge is 0.133 e. The van der Waals surface area contributed by atoms with Crippen molar-refractivity contribution in [2.45, 2.75) is 19.5 Å². The van der Waals surface area contributed by atoms with E-state index in [4.69, 9.17) is 10.5 Å². The summed E-state index contributed by atoms with van der Waals surface area (Å²) in [7, 11) is 1.63. The minimum Gasteiger partial charge on any atom is -0.496 e. The van der Waals surface area contributed by atoms with Crippen LogP contribution in [0.1, 0.15) is 24.1 Å². The van der Waals surface area contributed by atoms with Crippen LogP contribution in [-0.2, 0) is 6.54 Å². The van der Waals surface area contributed by atoms with Crippen LogP contribution in [0.15, 0.2) is 40.9 Å². The van der Waals surface area contributed by atoms with Gasteiger partial charge in [0.25, 0.3) is 0 Å². The molecule has 3 N–H and O–H groups in total. The molecule has 2 rings (SSSR count). The number of benzene rings is 2. The van der Waals surface area contributed by atoms with Gasteiger partial charge in [-0.25, -0.2) is 4.39 Å². The SMILES string of the molecule is COc1cc(C(C)NCc2cc(F)ccc2N)ccc1Br. The van der Waals surface area contributed by atoms with Gasteiger partial charge in [0.15, 0.2) is 0 Å². The van der Waals surface area contributed by atoms with Crippen LogP contribution in [0.3, 0.4) is 0 Å². The lowest BCUT2D eigenvalue weighted by atomic mass is 10.1. The summed E-state index contributed by atoms with van der Waals surface area (Å²) in [4.78, 5) is 0. The number of nitrogens with two attached hydrogens (primary N) is 1. The summed E-state index contributed by atoms with van der Waals surface area (Å²) in [6, 6.07) is 10.4. The van der Waals surface area contributed by atoms with Gasteiger partial charge in [-0.05, 0) is 64.3 Å². The van der Waals surface area contributed by atoms with Crippen molar-refractivity contribution in [1.29, 1.82) is 0 Å². The van der Waals surface area contributed by atoms with Gasteiger partial charge in [-0.15, -0.1) is 0 Å².